The summed E-state index contributed by atoms with van der Waals surface area (Å²) >= 11 is 5.68. The first kappa shape index (κ1) is 17.9. The maximum Gasteiger partial charge on any atom is 0.269 e. The van der Waals surface area contributed by atoms with E-state index in [9.17, 15) is 14.0 Å². The maximum atomic E-state index is 13.1. The van der Waals surface area contributed by atoms with Gasteiger partial charge in [-0.1, -0.05) is 25.4 Å². The fraction of sp³-hybridized carbons (Fsp3) is 0.235. The van der Waals surface area contributed by atoms with Gasteiger partial charge in [0.1, 0.15) is 11.5 Å². The quantitative estimate of drug-likeness (QED) is 0.867. The Bertz CT molecular complexity index is 765. The van der Waals surface area contributed by atoms with E-state index < -0.39 is 11.7 Å². The van der Waals surface area contributed by atoms with Gasteiger partial charge < -0.3 is 10.6 Å². The van der Waals surface area contributed by atoms with Crippen LogP contribution in [-0.4, -0.2) is 23.3 Å². The molecule has 2 rings (SSSR count). The number of anilines is 1. The van der Waals surface area contributed by atoms with Crippen LogP contribution >= 0.6 is 11.6 Å². The Balaban J connectivity index is 2.11. The van der Waals surface area contributed by atoms with Crippen LogP contribution in [0.3, 0.4) is 0 Å². The summed E-state index contributed by atoms with van der Waals surface area (Å²) in [7, 11) is 0. The Hall–Kier alpha value is -2.47. The molecule has 126 valence electrons. The first-order chi connectivity index (χ1) is 11.4. The lowest BCUT2D eigenvalue weighted by molar-refractivity contribution is 0.0944. The number of nitrogens with zero attached hydrogens (tertiary/aromatic N) is 1. The van der Waals surface area contributed by atoms with Crippen molar-refractivity contribution >= 4 is 29.1 Å². The fourth-order valence-corrected chi connectivity index (χ4v) is 2.04. The highest BCUT2D eigenvalue weighted by Crippen LogP contribution is 2.20. The molecule has 0 saturated heterocycles. The zero-order valence-electron chi connectivity index (χ0n) is 13.3. The molecule has 5 nitrogen and oxygen atoms in total. The Morgan fingerprint density at radius 2 is 1.96 bits per heavy atom. The standard InChI is InChI=1S/C17H17ClFN3O2/c1-10(2)9-21-17(24)15-7-11(5-6-20-15)16(23)22-12-3-4-14(19)13(18)8-12/h3-8,10H,9H2,1-2H3,(H,21,24)(H,22,23). The summed E-state index contributed by atoms with van der Waals surface area (Å²) in [4.78, 5) is 28.2. The summed E-state index contributed by atoms with van der Waals surface area (Å²) < 4.78 is 13.1. The number of nitrogens with one attached hydrogen (secondary N) is 2. The van der Waals surface area contributed by atoms with E-state index in [0.29, 0.717) is 18.2 Å². The van der Waals surface area contributed by atoms with Crippen molar-refractivity contribution in [2.45, 2.75) is 13.8 Å². The van der Waals surface area contributed by atoms with Crippen LogP contribution in [0.25, 0.3) is 0 Å². The van der Waals surface area contributed by atoms with Gasteiger partial charge in [0.2, 0.25) is 0 Å². The van der Waals surface area contributed by atoms with E-state index in [2.05, 4.69) is 15.6 Å². The normalized spacial score (nSPS) is 10.5. The third-order valence-electron chi connectivity index (χ3n) is 3.10. The predicted octanol–water partition coefficient (Wildman–Crippen LogP) is 3.51. The van der Waals surface area contributed by atoms with Gasteiger partial charge in [0, 0.05) is 24.0 Å². The second kappa shape index (κ2) is 7.88. The van der Waals surface area contributed by atoms with Crippen molar-refractivity contribution < 1.29 is 14.0 Å². The molecule has 0 aliphatic carbocycles. The minimum atomic E-state index is -0.567. The van der Waals surface area contributed by atoms with Crippen LogP contribution < -0.4 is 10.6 Å². The molecule has 1 aromatic heterocycles. The molecule has 0 radical (unpaired) electrons. The Kier molecular flexibility index (Phi) is 5.87. The second-order valence-electron chi connectivity index (χ2n) is 5.62. The van der Waals surface area contributed by atoms with Crippen molar-refractivity contribution in [3.8, 4) is 0 Å². The average Bonchev–Trinajstić information content (AvgIpc) is 2.56. The molecule has 0 bridgehead atoms. The summed E-state index contributed by atoms with van der Waals surface area (Å²) in [6.45, 7) is 4.47. The molecular weight excluding hydrogens is 333 g/mol. The van der Waals surface area contributed by atoms with E-state index in [1.165, 1.54) is 30.5 Å². The number of halogens is 2. The molecular formula is C17H17ClFN3O2. The molecule has 0 unspecified atom stereocenters. The Morgan fingerprint density at radius 1 is 1.21 bits per heavy atom. The number of hydrogen-bond acceptors (Lipinski definition) is 3. The third kappa shape index (κ3) is 4.76. The van der Waals surface area contributed by atoms with Crippen LogP contribution in [0.5, 0.6) is 0 Å². The molecule has 0 aliphatic rings. The monoisotopic (exact) mass is 349 g/mol. The summed E-state index contributed by atoms with van der Waals surface area (Å²) in [5.41, 5.74) is 0.773. The Morgan fingerprint density at radius 3 is 2.62 bits per heavy atom. The molecule has 2 amide bonds. The highest BCUT2D eigenvalue weighted by molar-refractivity contribution is 6.31. The van der Waals surface area contributed by atoms with E-state index in [-0.39, 0.29) is 22.2 Å². The summed E-state index contributed by atoms with van der Waals surface area (Å²) in [5, 5.41) is 5.24. The molecule has 0 saturated carbocycles. The van der Waals surface area contributed by atoms with Crippen LogP contribution in [0.4, 0.5) is 10.1 Å². The number of pyridine rings is 1. The van der Waals surface area contributed by atoms with E-state index in [0.717, 1.165) is 6.07 Å². The lowest BCUT2D eigenvalue weighted by Crippen LogP contribution is -2.28. The average molecular weight is 350 g/mol. The largest absolute Gasteiger partial charge is 0.350 e. The van der Waals surface area contributed by atoms with E-state index >= 15 is 0 Å². The van der Waals surface area contributed by atoms with Gasteiger partial charge in [-0.2, -0.15) is 0 Å². The summed E-state index contributed by atoms with van der Waals surface area (Å²) in [5.74, 6) is -1.05. The van der Waals surface area contributed by atoms with Crippen LogP contribution in [0.2, 0.25) is 5.02 Å². The molecule has 24 heavy (non-hydrogen) atoms. The zero-order valence-corrected chi connectivity index (χ0v) is 14.0. The third-order valence-corrected chi connectivity index (χ3v) is 3.39. The fourth-order valence-electron chi connectivity index (χ4n) is 1.86. The van der Waals surface area contributed by atoms with Crippen molar-refractivity contribution in [1.29, 1.82) is 0 Å². The Labute approximate surface area is 144 Å². The van der Waals surface area contributed by atoms with Crippen LogP contribution in [0, 0.1) is 11.7 Å². The van der Waals surface area contributed by atoms with Gasteiger partial charge in [-0.3, -0.25) is 14.6 Å². The molecule has 0 spiro atoms. The second-order valence-corrected chi connectivity index (χ2v) is 6.02. The van der Waals surface area contributed by atoms with Gasteiger partial charge in [-0.25, -0.2) is 4.39 Å². The van der Waals surface area contributed by atoms with E-state index in [4.69, 9.17) is 11.6 Å². The predicted molar refractivity (Wildman–Crippen MR) is 90.8 cm³/mol. The smallest absolute Gasteiger partial charge is 0.269 e. The van der Waals surface area contributed by atoms with E-state index in [1.54, 1.807) is 0 Å². The van der Waals surface area contributed by atoms with Crippen molar-refractivity contribution in [2.75, 3.05) is 11.9 Å². The first-order valence-electron chi connectivity index (χ1n) is 7.37. The highest BCUT2D eigenvalue weighted by Gasteiger charge is 2.13. The minimum Gasteiger partial charge on any atom is -0.350 e. The minimum absolute atomic E-state index is 0.0868. The maximum absolute atomic E-state index is 13.1. The van der Waals surface area contributed by atoms with Crippen molar-refractivity contribution in [3.63, 3.8) is 0 Å². The molecule has 7 heteroatoms. The van der Waals surface area contributed by atoms with Gasteiger partial charge in [-0.15, -0.1) is 0 Å². The SMILES string of the molecule is CC(C)CNC(=O)c1cc(C(=O)Nc2ccc(F)c(Cl)c2)ccn1. The van der Waals surface area contributed by atoms with Crippen LogP contribution in [0.15, 0.2) is 36.5 Å². The molecule has 1 aromatic carbocycles. The molecule has 0 fully saturated rings. The van der Waals surface area contributed by atoms with Gasteiger partial charge in [0.25, 0.3) is 11.8 Å². The molecule has 0 aliphatic heterocycles. The molecule has 0 atom stereocenters. The van der Waals surface area contributed by atoms with Gasteiger partial charge >= 0.3 is 0 Å². The lowest BCUT2D eigenvalue weighted by atomic mass is 10.2. The number of aromatic nitrogens is 1. The molecule has 2 N–H and O–H groups in total. The van der Waals surface area contributed by atoms with Gasteiger partial charge in [-0.05, 0) is 36.2 Å². The highest BCUT2D eigenvalue weighted by atomic mass is 35.5. The van der Waals surface area contributed by atoms with Crippen molar-refractivity contribution in [2.24, 2.45) is 5.92 Å². The topological polar surface area (TPSA) is 71.1 Å². The number of amides is 2. The summed E-state index contributed by atoms with van der Waals surface area (Å²) in [6.07, 6.45) is 1.39. The lowest BCUT2D eigenvalue weighted by Gasteiger charge is -2.09. The number of carbonyl (C=O) groups is 2. The summed E-state index contributed by atoms with van der Waals surface area (Å²) in [6, 6.07) is 6.76. The van der Waals surface area contributed by atoms with Gasteiger partial charge in [0.05, 0.1) is 5.02 Å². The van der Waals surface area contributed by atoms with Crippen LogP contribution in [0.1, 0.15) is 34.7 Å². The van der Waals surface area contributed by atoms with Gasteiger partial charge in [0.15, 0.2) is 0 Å². The molecule has 2 aromatic rings. The number of rotatable bonds is 5. The van der Waals surface area contributed by atoms with Crippen LogP contribution in [-0.2, 0) is 0 Å². The number of hydrogen-bond donors (Lipinski definition) is 2. The first-order valence-corrected chi connectivity index (χ1v) is 7.75. The zero-order chi connectivity index (χ0) is 17.7. The van der Waals surface area contributed by atoms with Crippen molar-refractivity contribution in [3.05, 3.63) is 58.6 Å². The van der Waals surface area contributed by atoms with E-state index in [1.807, 2.05) is 13.8 Å². The number of benzene rings is 1. The molecule has 1 heterocycles. The number of carbonyl (C=O) groups excluding carboxylic acids is 2. The van der Waals surface area contributed by atoms with Crippen molar-refractivity contribution in [1.82, 2.24) is 10.3 Å².